The van der Waals surface area contributed by atoms with Gasteiger partial charge in [-0.2, -0.15) is 0 Å². The highest BCUT2D eigenvalue weighted by Gasteiger charge is 2.19. The molecular formula is C19H25O4P. The molecule has 0 bridgehead atoms. The van der Waals surface area contributed by atoms with E-state index in [1.54, 1.807) is 14.2 Å². The van der Waals surface area contributed by atoms with Crippen LogP contribution in [0.4, 0.5) is 0 Å². The fourth-order valence-corrected chi connectivity index (χ4v) is 3.02. The van der Waals surface area contributed by atoms with Crippen LogP contribution in [0.3, 0.4) is 0 Å². The van der Waals surface area contributed by atoms with Gasteiger partial charge in [-0.25, -0.2) is 0 Å². The summed E-state index contributed by atoms with van der Waals surface area (Å²) in [7, 11) is 6.12. The number of rotatable bonds is 8. The van der Waals surface area contributed by atoms with Gasteiger partial charge in [0.25, 0.3) is 0 Å². The molecule has 0 aromatic heterocycles. The zero-order valence-electron chi connectivity index (χ0n) is 14.7. The van der Waals surface area contributed by atoms with Crippen LogP contribution < -0.4 is 9.47 Å². The molecule has 0 fully saturated rings. The molecule has 5 heteroatoms. The summed E-state index contributed by atoms with van der Waals surface area (Å²) in [6, 6.07) is 12.3. The highest BCUT2D eigenvalue weighted by atomic mass is 31.0. The van der Waals surface area contributed by atoms with E-state index in [9.17, 15) is 0 Å². The third-order valence-corrected chi connectivity index (χ3v) is 4.38. The molecule has 2 aromatic rings. The number of benzene rings is 2. The van der Waals surface area contributed by atoms with Crippen LogP contribution in [0.2, 0.25) is 0 Å². The fraction of sp³-hybridized carbons (Fsp3) is 0.368. The minimum atomic E-state index is 0.0310. The van der Waals surface area contributed by atoms with Crippen molar-refractivity contribution in [3.8, 4) is 11.5 Å². The zero-order chi connectivity index (χ0) is 17.5. The van der Waals surface area contributed by atoms with Crippen LogP contribution in [-0.2, 0) is 9.47 Å². The first-order valence-electron chi connectivity index (χ1n) is 7.77. The zero-order valence-corrected chi connectivity index (χ0v) is 15.8. The summed E-state index contributed by atoms with van der Waals surface area (Å²) < 4.78 is 21.6. The Morgan fingerprint density at radius 2 is 1.21 bits per heavy atom. The predicted molar refractivity (Wildman–Crippen MR) is 98.9 cm³/mol. The Labute approximate surface area is 146 Å². The van der Waals surface area contributed by atoms with Gasteiger partial charge in [0.1, 0.15) is 11.5 Å². The van der Waals surface area contributed by atoms with Crippen molar-refractivity contribution in [2.75, 3.05) is 27.8 Å². The van der Waals surface area contributed by atoms with Gasteiger partial charge in [-0.3, -0.25) is 0 Å². The van der Waals surface area contributed by atoms with Crippen molar-refractivity contribution in [1.29, 1.82) is 0 Å². The van der Waals surface area contributed by atoms with Crippen molar-refractivity contribution in [1.82, 2.24) is 0 Å². The van der Waals surface area contributed by atoms with E-state index in [0.29, 0.717) is 0 Å². The standard InChI is InChI=1S/C19H25O4P/c1-13-5-7-17(22-11-20-3)15(9-13)19(24)16-10-14(2)6-8-18(16)23-12-21-4/h5-10,19H,11-12,24H2,1-4H3. The maximum absolute atomic E-state index is 5.73. The number of hydrogen-bond donors (Lipinski definition) is 0. The molecule has 1 atom stereocenters. The second-order valence-electron chi connectivity index (χ2n) is 5.66. The monoisotopic (exact) mass is 348 g/mol. The first kappa shape index (κ1) is 18.7. The van der Waals surface area contributed by atoms with Gasteiger partial charge in [0.05, 0.1) is 0 Å². The summed E-state index contributed by atoms with van der Waals surface area (Å²) in [6.45, 7) is 4.57. The van der Waals surface area contributed by atoms with Gasteiger partial charge >= 0.3 is 0 Å². The van der Waals surface area contributed by atoms with Crippen LogP contribution in [-0.4, -0.2) is 27.8 Å². The lowest BCUT2D eigenvalue weighted by atomic mass is 9.99. The van der Waals surface area contributed by atoms with Crippen molar-refractivity contribution in [3.63, 3.8) is 0 Å². The molecule has 0 N–H and O–H groups in total. The molecule has 0 saturated carbocycles. The molecule has 1 unspecified atom stereocenters. The summed E-state index contributed by atoms with van der Waals surface area (Å²) in [4.78, 5) is 0. The van der Waals surface area contributed by atoms with Crippen molar-refractivity contribution in [2.45, 2.75) is 19.5 Å². The topological polar surface area (TPSA) is 36.9 Å². The van der Waals surface area contributed by atoms with Crippen LogP contribution in [0.15, 0.2) is 36.4 Å². The van der Waals surface area contributed by atoms with Gasteiger partial charge in [0.2, 0.25) is 0 Å². The molecule has 0 amide bonds. The molecule has 0 spiro atoms. The van der Waals surface area contributed by atoms with Crippen molar-refractivity contribution in [2.24, 2.45) is 0 Å². The first-order valence-corrected chi connectivity index (χ1v) is 8.43. The van der Waals surface area contributed by atoms with E-state index in [1.807, 2.05) is 24.3 Å². The fourth-order valence-electron chi connectivity index (χ4n) is 2.50. The average molecular weight is 348 g/mol. The smallest absolute Gasteiger partial charge is 0.188 e. The third-order valence-electron chi connectivity index (χ3n) is 3.67. The summed E-state index contributed by atoms with van der Waals surface area (Å²) in [6.07, 6.45) is 0. The average Bonchev–Trinajstić information content (AvgIpc) is 2.59. The molecule has 130 valence electrons. The maximum Gasteiger partial charge on any atom is 0.188 e. The molecule has 0 heterocycles. The molecule has 4 nitrogen and oxygen atoms in total. The van der Waals surface area contributed by atoms with Crippen LogP contribution >= 0.6 is 9.24 Å². The highest BCUT2D eigenvalue weighted by molar-refractivity contribution is 7.17. The van der Waals surface area contributed by atoms with Gasteiger partial charge in [-0.15, -0.1) is 9.24 Å². The Bertz CT molecular complexity index is 615. The highest BCUT2D eigenvalue weighted by Crippen LogP contribution is 2.41. The van der Waals surface area contributed by atoms with Crippen molar-refractivity contribution >= 4 is 9.24 Å². The molecular weight excluding hydrogens is 323 g/mol. The van der Waals surface area contributed by atoms with Crippen molar-refractivity contribution < 1.29 is 18.9 Å². The molecule has 0 aliphatic heterocycles. The van der Waals surface area contributed by atoms with Crippen LogP contribution in [0, 0.1) is 13.8 Å². The van der Waals surface area contributed by atoms with Crippen molar-refractivity contribution in [3.05, 3.63) is 58.7 Å². The van der Waals surface area contributed by atoms with E-state index >= 15 is 0 Å². The number of hydrogen-bond acceptors (Lipinski definition) is 4. The molecule has 2 rings (SSSR count). The van der Waals surface area contributed by atoms with E-state index in [4.69, 9.17) is 18.9 Å². The summed E-state index contributed by atoms with van der Waals surface area (Å²) in [5.74, 6) is 1.61. The Hall–Kier alpha value is -1.61. The maximum atomic E-state index is 5.73. The SMILES string of the molecule is COCOc1ccc(C)cc1C(P)c1cc(C)ccc1OCOC. The van der Waals surface area contributed by atoms with Crippen LogP contribution in [0.1, 0.15) is 27.9 Å². The number of aryl methyl sites for hydroxylation is 2. The lowest BCUT2D eigenvalue weighted by molar-refractivity contribution is 0.0497. The molecule has 0 radical (unpaired) electrons. The van der Waals surface area contributed by atoms with E-state index in [1.165, 1.54) is 11.1 Å². The summed E-state index contributed by atoms with van der Waals surface area (Å²) in [5.41, 5.74) is 4.53. The summed E-state index contributed by atoms with van der Waals surface area (Å²) in [5, 5.41) is 0. The molecule has 0 aliphatic rings. The van der Waals surface area contributed by atoms with E-state index in [-0.39, 0.29) is 19.2 Å². The van der Waals surface area contributed by atoms with Crippen LogP contribution in [0.5, 0.6) is 11.5 Å². The minimum absolute atomic E-state index is 0.0310. The quantitative estimate of drug-likeness (QED) is 0.528. The third kappa shape index (κ3) is 4.70. The Balaban J connectivity index is 2.42. The lowest BCUT2D eigenvalue weighted by Crippen LogP contribution is -2.06. The second-order valence-corrected chi connectivity index (χ2v) is 6.33. The lowest BCUT2D eigenvalue weighted by Gasteiger charge is -2.21. The van der Waals surface area contributed by atoms with Gasteiger partial charge in [-0.05, 0) is 26.0 Å². The van der Waals surface area contributed by atoms with Gasteiger partial charge in [0.15, 0.2) is 13.6 Å². The molecule has 24 heavy (non-hydrogen) atoms. The predicted octanol–water partition coefficient (Wildman–Crippen LogP) is 4.23. The van der Waals surface area contributed by atoms with Gasteiger partial charge in [-0.1, -0.05) is 35.4 Å². The van der Waals surface area contributed by atoms with E-state index < -0.39 is 0 Å². The van der Waals surface area contributed by atoms with E-state index in [0.717, 1.165) is 22.6 Å². The number of methoxy groups -OCH3 is 2. The molecule has 0 aliphatic carbocycles. The van der Waals surface area contributed by atoms with E-state index in [2.05, 4.69) is 35.2 Å². The largest absolute Gasteiger partial charge is 0.467 e. The minimum Gasteiger partial charge on any atom is -0.467 e. The second kappa shape index (κ2) is 9.03. The normalized spacial score (nSPS) is 10.9. The molecule has 2 aromatic carbocycles. The Morgan fingerprint density at radius 3 is 1.58 bits per heavy atom. The first-order chi connectivity index (χ1) is 11.6. The Kier molecular flexibility index (Phi) is 7.04. The van der Waals surface area contributed by atoms with Crippen LogP contribution in [0.25, 0.3) is 0 Å². The molecule has 0 saturated heterocycles. The van der Waals surface area contributed by atoms with Gasteiger partial charge in [0, 0.05) is 31.0 Å². The number of ether oxygens (including phenoxy) is 4. The van der Waals surface area contributed by atoms with Gasteiger partial charge < -0.3 is 18.9 Å². The Morgan fingerprint density at radius 1 is 0.792 bits per heavy atom. The summed E-state index contributed by atoms with van der Waals surface area (Å²) >= 11 is 0.